The molecular formula is C10H12Cl2FN2O3S+. The van der Waals surface area contributed by atoms with Gasteiger partial charge in [0.15, 0.2) is 11.9 Å². The van der Waals surface area contributed by atoms with Crippen LogP contribution in [0.1, 0.15) is 32.1 Å². The molecule has 0 saturated heterocycles. The molecular weight excluding hydrogens is 318 g/mol. The first-order valence-electron chi connectivity index (χ1n) is 5.61. The van der Waals surface area contributed by atoms with Crippen LogP contribution in [0.5, 0.6) is 0 Å². The number of carbonyl (C=O) groups excluding carboxylic acids is 3. The highest BCUT2D eigenvalue weighted by Crippen LogP contribution is 2.44. The van der Waals surface area contributed by atoms with E-state index in [1.807, 2.05) is 0 Å². The standard InChI is InChI=1S/C10H12Cl2FN2O3S/c11-10(12,13)19-15(7-17,14-6-16)9(18)8-4-2-1-3-5-8/h7-8H,1-5H2/q+1. The van der Waals surface area contributed by atoms with Gasteiger partial charge in [-0.1, -0.05) is 19.3 Å². The monoisotopic (exact) mass is 329 g/mol. The normalized spacial score (nSPS) is 20.2. The van der Waals surface area contributed by atoms with E-state index in [0.717, 1.165) is 25.3 Å². The highest BCUT2D eigenvalue weighted by atomic mass is 35.5. The molecule has 9 heteroatoms. The zero-order valence-electron chi connectivity index (χ0n) is 9.85. The van der Waals surface area contributed by atoms with Gasteiger partial charge in [-0.2, -0.15) is 4.39 Å². The Morgan fingerprint density at radius 1 is 1.42 bits per heavy atom. The molecule has 106 valence electrons. The van der Waals surface area contributed by atoms with E-state index in [2.05, 4.69) is 5.10 Å². The Morgan fingerprint density at radius 3 is 2.42 bits per heavy atom. The molecule has 1 aliphatic carbocycles. The summed E-state index contributed by atoms with van der Waals surface area (Å²) in [6, 6.07) is 0. The van der Waals surface area contributed by atoms with Crippen LogP contribution in [-0.2, 0) is 14.4 Å². The van der Waals surface area contributed by atoms with E-state index in [1.54, 1.807) is 0 Å². The first kappa shape index (κ1) is 16.6. The van der Waals surface area contributed by atoms with Gasteiger partial charge < -0.3 is 0 Å². The van der Waals surface area contributed by atoms with Crippen molar-refractivity contribution in [2.24, 2.45) is 11.0 Å². The number of hydrogen-bond donors (Lipinski definition) is 0. The maximum Gasteiger partial charge on any atom is 0.363 e. The molecule has 0 aromatic rings. The summed E-state index contributed by atoms with van der Waals surface area (Å²) >= 11 is 10.3. The van der Waals surface area contributed by atoms with Crippen molar-refractivity contribution in [2.75, 3.05) is 0 Å². The minimum absolute atomic E-state index is 0.0333. The molecule has 0 aromatic carbocycles. The predicted octanol–water partition coefficient (Wildman–Crippen LogP) is 3.02. The van der Waals surface area contributed by atoms with Gasteiger partial charge in [0, 0.05) is 9.10 Å². The summed E-state index contributed by atoms with van der Waals surface area (Å²) in [5.74, 6) is -1.18. The minimum Gasteiger partial charge on any atom is -0.229 e. The van der Waals surface area contributed by atoms with E-state index in [-0.39, 0.29) is 18.4 Å². The Kier molecular flexibility index (Phi) is 5.95. The SMILES string of the molecule is O=C=N[N+](C=O)(SC(F)(Cl)Cl)C(=O)C1CCCCC1. The molecule has 1 unspecified atom stereocenters. The fourth-order valence-corrected chi connectivity index (χ4v) is 3.34. The largest absolute Gasteiger partial charge is 0.363 e. The molecule has 1 aliphatic rings. The molecule has 5 nitrogen and oxygen atoms in total. The summed E-state index contributed by atoms with van der Waals surface area (Å²) in [5.41, 5.74) is 0. The number of imide groups is 1. The second-order valence-corrected chi connectivity index (χ2v) is 7.11. The first-order valence-corrected chi connectivity index (χ1v) is 7.14. The van der Waals surface area contributed by atoms with Crippen LogP contribution < -0.4 is 0 Å². The van der Waals surface area contributed by atoms with Crippen molar-refractivity contribution in [2.45, 2.75) is 36.0 Å². The summed E-state index contributed by atoms with van der Waals surface area (Å²) in [7, 11) is 0. The number of rotatable bonds is 5. The summed E-state index contributed by atoms with van der Waals surface area (Å²) in [6.07, 6.45) is 4.89. The number of halogens is 3. The molecule has 0 aliphatic heterocycles. The van der Waals surface area contributed by atoms with Crippen LogP contribution >= 0.6 is 35.1 Å². The second kappa shape index (κ2) is 6.81. The lowest BCUT2D eigenvalue weighted by Crippen LogP contribution is -2.46. The zero-order chi connectivity index (χ0) is 14.5. The summed E-state index contributed by atoms with van der Waals surface area (Å²) in [5, 5.41) is 3.10. The summed E-state index contributed by atoms with van der Waals surface area (Å²) in [4.78, 5) is 33.8. The Balaban J connectivity index is 3.03. The van der Waals surface area contributed by atoms with Gasteiger partial charge in [0.2, 0.25) is 0 Å². The average Bonchev–Trinajstić information content (AvgIpc) is 2.36. The number of isocyanates is 1. The van der Waals surface area contributed by atoms with Crippen LogP contribution in [0.2, 0.25) is 0 Å². The van der Waals surface area contributed by atoms with Crippen molar-refractivity contribution in [1.29, 1.82) is 0 Å². The topological polar surface area (TPSA) is 63.6 Å². The number of quaternary nitrogens is 1. The van der Waals surface area contributed by atoms with E-state index in [4.69, 9.17) is 23.2 Å². The number of alkyl halides is 3. The fourth-order valence-electron chi connectivity index (χ4n) is 2.04. The van der Waals surface area contributed by atoms with Gasteiger partial charge in [-0.05, 0) is 36.0 Å². The van der Waals surface area contributed by atoms with E-state index >= 15 is 0 Å². The Morgan fingerprint density at radius 2 is 2.00 bits per heavy atom. The number of nitrogens with zero attached hydrogens (tertiary/aromatic N) is 2. The lowest BCUT2D eigenvalue weighted by atomic mass is 9.88. The Labute approximate surface area is 123 Å². The van der Waals surface area contributed by atoms with E-state index in [0.29, 0.717) is 12.8 Å². The van der Waals surface area contributed by atoms with E-state index in [9.17, 15) is 18.8 Å². The summed E-state index contributed by atoms with van der Waals surface area (Å²) < 4.78 is 8.89. The van der Waals surface area contributed by atoms with Crippen LogP contribution in [0.15, 0.2) is 5.10 Å². The molecule has 0 spiro atoms. The van der Waals surface area contributed by atoms with Crippen molar-refractivity contribution < 1.29 is 22.8 Å². The molecule has 2 amide bonds. The molecule has 0 radical (unpaired) electrons. The lowest BCUT2D eigenvalue weighted by molar-refractivity contribution is -0.635. The molecule has 1 fully saturated rings. The maximum atomic E-state index is 13.3. The van der Waals surface area contributed by atoms with Crippen molar-refractivity contribution in [3.05, 3.63) is 0 Å². The van der Waals surface area contributed by atoms with Gasteiger partial charge in [-0.3, -0.25) is 0 Å². The summed E-state index contributed by atoms with van der Waals surface area (Å²) in [6.45, 7) is 0. The third kappa shape index (κ3) is 4.54. The van der Waals surface area contributed by atoms with Gasteiger partial charge in [-0.25, -0.2) is 14.4 Å². The van der Waals surface area contributed by atoms with E-state index in [1.165, 1.54) is 0 Å². The molecule has 1 saturated carbocycles. The quantitative estimate of drug-likeness (QED) is 0.148. The Bertz CT molecular complexity index is 406. The van der Waals surface area contributed by atoms with Gasteiger partial charge >= 0.3 is 16.2 Å². The second-order valence-electron chi connectivity index (χ2n) is 4.13. The molecule has 0 aromatic heterocycles. The molecule has 1 rings (SSSR count). The van der Waals surface area contributed by atoms with Crippen molar-refractivity contribution >= 4 is 53.5 Å². The third-order valence-electron chi connectivity index (χ3n) is 2.85. The lowest BCUT2D eigenvalue weighted by Gasteiger charge is -2.26. The number of carbonyl (C=O) groups is 2. The van der Waals surface area contributed by atoms with Crippen molar-refractivity contribution in [3.63, 3.8) is 0 Å². The van der Waals surface area contributed by atoms with Gasteiger partial charge in [0.05, 0.1) is 5.92 Å². The van der Waals surface area contributed by atoms with Gasteiger partial charge in [0.25, 0.3) is 6.08 Å². The van der Waals surface area contributed by atoms with E-state index < -0.39 is 19.7 Å². The first-order chi connectivity index (χ1) is 8.84. The number of hydrogen-bond acceptors (Lipinski definition) is 5. The van der Waals surface area contributed by atoms with Crippen LogP contribution in [0.4, 0.5) is 4.39 Å². The van der Waals surface area contributed by atoms with Crippen molar-refractivity contribution in [1.82, 2.24) is 0 Å². The fraction of sp³-hybridized carbons (Fsp3) is 0.700. The number of amides is 2. The molecule has 0 heterocycles. The third-order valence-corrected chi connectivity index (χ3v) is 4.09. The average molecular weight is 330 g/mol. The predicted molar refractivity (Wildman–Crippen MR) is 69.2 cm³/mol. The minimum atomic E-state index is -2.93. The van der Waals surface area contributed by atoms with Crippen LogP contribution in [0.3, 0.4) is 0 Å². The highest BCUT2D eigenvalue weighted by molar-refractivity contribution is 7.98. The maximum absolute atomic E-state index is 13.3. The smallest absolute Gasteiger partial charge is 0.229 e. The molecule has 0 N–H and O–H groups in total. The van der Waals surface area contributed by atoms with Crippen LogP contribution in [0.25, 0.3) is 0 Å². The van der Waals surface area contributed by atoms with Crippen LogP contribution in [0, 0.1) is 5.92 Å². The Hall–Kier alpha value is -0.460. The highest BCUT2D eigenvalue weighted by Gasteiger charge is 2.52. The molecule has 19 heavy (non-hydrogen) atoms. The van der Waals surface area contributed by atoms with Gasteiger partial charge in [0.1, 0.15) is 0 Å². The van der Waals surface area contributed by atoms with Crippen molar-refractivity contribution in [3.8, 4) is 0 Å². The molecule has 0 bridgehead atoms. The molecule has 1 atom stereocenters. The van der Waals surface area contributed by atoms with Crippen LogP contribution in [-0.4, -0.2) is 26.3 Å². The zero-order valence-corrected chi connectivity index (χ0v) is 12.2. The van der Waals surface area contributed by atoms with Gasteiger partial charge in [-0.15, -0.1) is 0 Å².